The van der Waals surface area contributed by atoms with Crippen LogP contribution in [0, 0.1) is 0 Å². The summed E-state index contributed by atoms with van der Waals surface area (Å²) in [5.41, 5.74) is -0.409. The van der Waals surface area contributed by atoms with Gasteiger partial charge in [0.1, 0.15) is 5.82 Å². The lowest BCUT2D eigenvalue weighted by atomic mass is 10.0. The normalized spacial score (nSPS) is 20.9. The standard InChI is InChI=1S/C13H20N4O4S/c1-13(2)7-6-9(17(13)12(18)19)8-15-10-4-3-5-11(16-10)22(14,20)21/h3-5,9H,6-8H2,1-2H3,(H,15,16)(H,18,19)(H2,14,20,21)/t9-/m0/s1. The Balaban J connectivity index is 2.09. The van der Waals surface area contributed by atoms with Crippen LogP contribution in [0.4, 0.5) is 10.6 Å². The molecule has 0 radical (unpaired) electrons. The van der Waals surface area contributed by atoms with E-state index >= 15 is 0 Å². The van der Waals surface area contributed by atoms with E-state index in [-0.39, 0.29) is 11.1 Å². The van der Waals surface area contributed by atoms with E-state index < -0.39 is 21.7 Å². The Morgan fingerprint density at radius 1 is 1.55 bits per heavy atom. The number of hydrogen-bond donors (Lipinski definition) is 3. The summed E-state index contributed by atoms with van der Waals surface area (Å²) in [7, 11) is -3.86. The van der Waals surface area contributed by atoms with Gasteiger partial charge in [0, 0.05) is 12.1 Å². The van der Waals surface area contributed by atoms with Gasteiger partial charge >= 0.3 is 6.09 Å². The molecule has 1 saturated heterocycles. The SMILES string of the molecule is CC1(C)CC[C@@H](CNc2cccc(S(N)(=O)=O)n2)N1C(=O)O. The maximum absolute atomic E-state index is 11.4. The van der Waals surface area contributed by atoms with Crippen LogP contribution in [0.15, 0.2) is 23.2 Å². The molecule has 2 rings (SSSR count). The third kappa shape index (κ3) is 3.47. The molecule has 22 heavy (non-hydrogen) atoms. The number of sulfonamides is 1. The number of aromatic nitrogens is 1. The van der Waals surface area contributed by atoms with Crippen molar-refractivity contribution in [2.24, 2.45) is 5.14 Å². The molecule has 9 heteroatoms. The van der Waals surface area contributed by atoms with Crippen LogP contribution in [0.1, 0.15) is 26.7 Å². The molecule has 1 amide bonds. The molecule has 0 aromatic carbocycles. The van der Waals surface area contributed by atoms with Crippen LogP contribution < -0.4 is 10.5 Å². The molecule has 2 heterocycles. The molecule has 0 aliphatic carbocycles. The molecule has 1 aromatic rings. The monoisotopic (exact) mass is 328 g/mol. The first-order chi connectivity index (χ1) is 10.1. The predicted octanol–water partition coefficient (Wildman–Crippen LogP) is 1.06. The molecule has 0 saturated carbocycles. The summed E-state index contributed by atoms with van der Waals surface area (Å²) in [4.78, 5) is 16.8. The molecule has 4 N–H and O–H groups in total. The number of likely N-dealkylation sites (tertiary alicyclic amines) is 1. The predicted molar refractivity (Wildman–Crippen MR) is 81.1 cm³/mol. The van der Waals surface area contributed by atoms with Crippen molar-refractivity contribution in [1.29, 1.82) is 0 Å². The van der Waals surface area contributed by atoms with Gasteiger partial charge in [-0.25, -0.2) is 23.3 Å². The van der Waals surface area contributed by atoms with E-state index in [0.29, 0.717) is 12.4 Å². The molecule has 0 spiro atoms. The van der Waals surface area contributed by atoms with Crippen molar-refractivity contribution in [3.8, 4) is 0 Å². The molecule has 0 unspecified atom stereocenters. The Kier molecular flexibility index (Phi) is 4.30. The Bertz CT molecular complexity index is 674. The number of nitrogens with two attached hydrogens (primary N) is 1. The highest BCUT2D eigenvalue weighted by Gasteiger charge is 2.42. The fourth-order valence-corrected chi connectivity index (χ4v) is 3.26. The fraction of sp³-hybridized carbons (Fsp3) is 0.538. The second-order valence-corrected chi connectivity index (χ2v) is 7.45. The molecular weight excluding hydrogens is 308 g/mol. The van der Waals surface area contributed by atoms with E-state index in [9.17, 15) is 18.3 Å². The lowest BCUT2D eigenvalue weighted by Gasteiger charge is -2.33. The fourth-order valence-electron chi connectivity index (χ4n) is 2.77. The summed E-state index contributed by atoms with van der Waals surface area (Å²) in [6, 6.07) is 4.26. The number of amides is 1. The lowest BCUT2D eigenvalue weighted by molar-refractivity contribution is 0.0986. The van der Waals surface area contributed by atoms with Crippen LogP contribution in [0.3, 0.4) is 0 Å². The quantitative estimate of drug-likeness (QED) is 0.759. The van der Waals surface area contributed by atoms with Crippen molar-refractivity contribution in [2.75, 3.05) is 11.9 Å². The topological polar surface area (TPSA) is 126 Å². The molecular formula is C13H20N4O4S. The van der Waals surface area contributed by atoms with E-state index in [0.717, 1.165) is 12.8 Å². The maximum atomic E-state index is 11.4. The van der Waals surface area contributed by atoms with E-state index in [4.69, 9.17) is 5.14 Å². The molecule has 1 aliphatic heterocycles. The summed E-state index contributed by atoms with van der Waals surface area (Å²) in [5, 5.41) is 17.2. The van der Waals surface area contributed by atoms with Crippen molar-refractivity contribution in [1.82, 2.24) is 9.88 Å². The molecule has 1 fully saturated rings. The van der Waals surface area contributed by atoms with Gasteiger partial charge in [0.05, 0.1) is 6.04 Å². The molecule has 0 bridgehead atoms. The maximum Gasteiger partial charge on any atom is 0.408 e. The van der Waals surface area contributed by atoms with Crippen LogP contribution in [0.5, 0.6) is 0 Å². The number of carboxylic acid groups (broad SMARTS) is 1. The van der Waals surface area contributed by atoms with Crippen molar-refractivity contribution < 1.29 is 18.3 Å². The average molecular weight is 328 g/mol. The first-order valence-electron chi connectivity index (χ1n) is 6.87. The van der Waals surface area contributed by atoms with Crippen molar-refractivity contribution >= 4 is 21.9 Å². The van der Waals surface area contributed by atoms with Gasteiger partial charge in [-0.05, 0) is 38.8 Å². The van der Waals surface area contributed by atoms with Crippen molar-refractivity contribution in [3.63, 3.8) is 0 Å². The molecule has 1 aliphatic rings. The second-order valence-electron chi connectivity index (χ2n) is 5.94. The van der Waals surface area contributed by atoms with Crippen LogP contribution in [0.25, 0.3) is 0 Å². The third-order valence-electron chi connectivity index (χ3n) is 3.85. The summed E-state index contributed by atoms with van der Waals surface area (Å²) >= 11 is 0. The number of carbonyl (C=O) groups is 1. The van der Waals surface area contributed by atoms with Gasteiger partial charge in [-0.1, -0.05) is 6.07 Å². The average Bonchev–Trinajstić information content (AvgIpc) is 2.71. The van der Waals surface area contributed by atoms with Crippen molar-refractivity contribution in [3.05, 3.63) is 18.2 Å². The van der Waals surface area contributed by atoms with E-state index in [2.05, 4.69) is 10.3 Å². The van der Waals surface area contributed by atoms with Gasteiger partial charge in [0.15, 0.2) is 5.03 Å². The van der Waals surface area contributed by atoms with E-state index in [1.807, 2.05) is 13.8 Å². The Morgan fingerprint density at radius 2 is 2.23 bits per heavy atom. The van der Waals surface area contributed by atoms with Gasteiger partial charge in [0.25, 0.3) is 10.0 Å². The lowest BCUT2D eigenvalue weighted by Crippen LogP contribution is -2.48. The number of pyridine rings is 1. The van der Waals surface area contributed by atoms with E-state index in [1.165, 1.54) is 17.0 Å². The van der Waals surface area contributed by atoms with E-state index in [1.54, 1.807) is 6.07 Å². The van der Waals surface area contributed by atoms with Gasteiger partial charge in [-0.15, -0.1) is 0 Å². The highest BCUT2D eigenvalue weighted by molar-refractivity contribution is 7.89. The summed E-state index contributed by atoms with van der Waals surface area (Å²) in [6.45, 7) is 4.14. The van der Waals surface area contributed by atoms with Gasteiger partial charge < -0.3 is 10.4 Å². The van der Waals surface area contributed by atoms with Crippen LogP contribution in [-0.2, 0) is 10.0 Å². The number of primary sulfonamides is 1. The van der Waals surface area contributed by atoms with Gasteiger partial charge in [0.2, 0.25) is 0 Å². The van der Waals surface area contributed by atoms with Crippen molar-refractivity contribution in [2.45, 2.75) is 43.3 Å². The Labute approximate surface area is 129 Å². The zero-order valence-electron chi connectivity index (χ0n) is 12.5. The zero-order valence-corrected chi connectivity index (χ0v) is 13.3. The number of rotatable bonds is 4. The van der Waals surface area contributed by atoms with Crippen LogP contribution >= 0.6 is 0 Å². The first kappa shape index (κ1) is 16.5. The van der Waals surface area contributed by atoms with Crippen LogP contribution in [0.2, 0.25) is 0 Å². The molecule has 122 valence electrons. The molecule has 1 atom stereocenters. The molecule has 1 aromatic heterocycles. The number of nitrogens with one attached hydrogen (secondary N) is 1. The largest absolute Gasteiger partial charge is 0.465 e. The highest BCUT2D eigenvalue weighted by atomic mass is 32.2. The van der Waals surface area contributed by atoms with Crippen LogP contribution in [-0.4, -0.2) is 47.6 Å². The van der Waals surface area contributed by atoms with Gasteiger partial charge in [-0.3, -0.25) is 4.90 Å². The summed E-state index contributed by atoms with van der Waals surface area (Å²) < 4.78 is 22.5. The number of anilines is 1. The zero-order chi connectivity index (χ0) is 16.5. The minimum Gasteiger partial charge on any atom is -0.465 e. The summed E-state index contributed by atoms with van der Waals surface area (Å²) in [6.07, 6.45) is 0.554. The smallest absolute Gasteiger partial charge is 0.408 e. The third-order valence-corrected chi connectivity index (χ3v) is 4.66. The highest BCUT2D eigenvalue weighted by Crippen LogP contribution is 2.33. The Morgan fingerprint density at radius 3 is 2.82 bits per heavy atom. The number of nitrogens with zero attached hydrogens (tertiary/aromatic N) is 2. The Hall–Kier alpha value is -1.87. The minimum absolute atomic E-state index is 0.188. The molecule has 8 nitrogen and oxygen atoms in total. The van der Waals surface area contributed by atoms with Gasteiger partial charge in [-0.2, -0.15) is 0 Å². The second kappa shape index (κ2) is 5.73. The minimum atomic E-state index is -3.86. The first-order valence-corrected chi connectivity index (χ1v) is 8.42. The number of hydrogen-bond acceptors (Lipinski definition) is 5. The summed E-state index contributed by atoms with van der Waals surface area (Å²) in [5.74, 6) is 0.349.